The van der Waals surface area contributed by atoms with Gasteiger partial charge in [0, 0.05) is 16.9 Å². The maximum absolute atomic E-state index is 13.2. The third-order valence-corrected chi connectivity index (χ3v) is 2.62. The van der Waals surface area contributed by atoms with Crippen LogP contribution in [0.4, 0.5) is 15.8 Å². The highest BCUT2D eigenvalue weighted by molar-refractivity contribution is 6.04. The van der Waals surface area contributed by atoms with Crippen molar-refractivity contribution in [2.45, 2.75) is 0 Å². The van der Waals surface area contributed by atoms with Gasteiger partial charge in [0.15, 0.2) is 11.5 Å². The molecule has 4 N–H and O–H groups in total. The summed E-state index contributed by atoms with van der Waals surface area (Å²) in [6.07, 6.45) is 0. The van der Waals surface area contributed by atoms with Crippen molar-refractivity contribution in [2.24, 2.45) is 0 Å². The van der Waals surface area contributed by atoms with Crippen LogP contribution in [0.2, 0.25) is 0 Å². The van der Waals surface area contributed by atoms with Gasteiger partial charge in [0.25, 0.3) is 5.91 Å². The van der Waals surface area contributed by atoms with Gasteiger partial charge in [-0.3, -0.25) is 4.79 Å². The number of anilines is 2. The molecule has 1 amide bonds. The molecule has 0 atom stereocenters. The van der Waals surface area contributed by atoms with E-state index in [9.17, 15) is 14.3 Å². The number of rotatable bonds is 3. The molecule has 0 saturated heterocycles. The molecule has 0 aliphatic rings. The van der Waals surface area contributed by atoms with E-state index in [0.29, 0.717) is 0 Å². The molecule has 0 radical (unpaired) electrons. The molecule has 0 fully saturated rings. The summed E-state index contributed by atoms with van der Waals surface area (Å²) >= 11 is 0. The molecule has 6 heteroatoms. The van der Waals surface area contributed by atoms with Crippen LogP contribution in [0.1, 0.15) is 10.4 Å². The first-order chi connectivity index (χ1) is 9.49. The first-order valence-electron chi connectivity index (χ1n) is 5.74. The molecular formula is C14H13FN2O3. The number of benzene rings is 2. The molecule has 104 valence electrons. The number of methoxy groups -OCH3 is 1. The fourth-order valence-electron chi connectivity index (χ4n) is 1.72. The van der Waals surface area contributed by atoms with Gasteiger partial charge in [-0.25, -0.2) is 4.39 Å². The molecule has 2 rings (SSSR count). The Morgan fingerprint density at radius 1 is 1.30 bits per heavy atom. The largest absolute Gasteiger partial charge is 0.504 e. The summed E-state index contributed by atoms with van der Waals surface area (Å²) < 4.78 is 18.0. The van der Waals surface area contributed by atoms with Crippen LogP contribution in [0.25, 0.3) is 0 Å². The second-order valence-electron chi connectivity index (χ2n) is 4.11. The Balaban J connectivity index is 2.21. The highest BCUT2D eigenvalue weighted by Gasteiger charge is 2.10. The highest BCUT2D eigenvalue weighted by Crippen LogP contribution is 2.26. The van der Waals surface area contributed by atoms with Crippen molar-refractivity contribution in [1.82, 2.24) is 0 Å². The van der Waals surface area contributed by atoms with Crippen molar-refractivity contribution in [3.8, 4) is 11.5 Å². The van der Waals surface area contributed by atoms with E-state index in [1.54, 1.807) is 0 Å². The molecule has 0 heterocycles. The predicted molar refractivity (Wildman–Crippen MR) is 73.4 cm³/mol. The Kier molecular flexibility index (Phi) is 3.74. The zero-order chi connectivity index (χ0) is 14.7. The second kappa shape index (κ2) is 5.48. The van der Waals surface area contributed by atoms with E-state index in [0.717, 1.165) is 12.1 Å². The van der Waals surface area contributed by atoms with Crippen LogP contribution in [0.3, 0.4) is 0 Å². The number of nitrogens with two attached hydrogens (primary N) is 1. The molecule has 0 unspecified atom stereocenters. The molecule has 0 saturated carbocycles. The number of amides is 1. The summed E-state index contributed by atoms with van der Waals surface area (Å²) in [6.45, 7) is 0. The molecule has 0 aliphatic heterocycles. The van der Waals surface area contributed by atoms with Crippen molar-refractivity contribution in [3.63, 3.8) is 0 Å². The van der Waals surface area contributed by atoms with E-state index in [4.69, 9.17) is 10.5 Å². The van der Waals surface area contributed by atoms with Gasteiger partial charge >= 0.3 is 0 Å². The van der Waals surface area contributed by atoms with Gasteiger partial charge in [-0.05, 0) is 36.4 Å². The minimum absolute atomic E-state index is 0.154. The molecule has 2 aromatic carbocycles. The van der Waals surface area contributed by atoms with E-state index >= 15 is 0 Å². The minimum atomic E-state index is -0.544. The van der Waals surface area contributed by atoms with Crippen LogP contribution >= 0.6 is 0 Å². The van der Waals surface area contributed by atoms with Gasteiger partial charge in [-0.1, -0.05) is 0 Å². The number of phenols is 1. The van der Waals surface area contributed by atoms with Gasteiger partial charge in [-0.15, -0.1) is 0 Å². The molecule has 0 spiro atoms. The van der Waals surface area contributed by atoms with E-state index in [1.807, 2.05) is 0 Å². The molecule has 0 aliphatic carbocycles. The lowest BCUT2D eigenvalue weighted by molar-refractivity contribution is 0.102. The predicted octanol–water partition coefficient (Wildman–Crippen LogP) is 2.37. The highest BCUT2D eigenvalue weighted by atomic mass is 19.1. The van der Waals surface area contributed by atoms with Gasteiger partial charge in [0.05, 0.1) is 7.11 Å². The van der Waals surface area contributed by atoms with Crippen molar-refractivity contribution in [3.05, 3.63) is 47.8 Å². The monoisotopic (exact) mass is 276 g/mol. The third-order valence-electron chi connectivity index (χ3n) is 2.62. The van der Waals surface area contributed by atoms with Crippen molar-refractivity contribution in [2.75, 3.05) is 18.2 Å². The van der Waals surface area contributed by atoms with Crippen LogP contribution in [-0.4, -0.2) is 18.1 Å². The standard InChI is InChI=1S/C14H13FN2O3/c1-20-13-3-2-8(4-12(13)18)14(19)17-11-6-9(15)5-10(16)7-11/h2-7,18H,16H2,1H3,(H,17,19). The van der Waals surface area contributed by atoms with Crippen LogP contribution < -0.4 is 15.8 Å². The molecule has 5 nitrogen and oxygen atoms in total. The van der Waals surface area contributed by atoms with Crippen LogP contribution in [0, 0.1) is 5.82 Å². The average molecular weight is 276 g/mol. The Hall–Kier alpha value is -2.76. The van der Waals surface area contributed by atoms with Crippen LogP contribution in [0.15, 0.2) is 36.4 Å². The molecular weight excluding hydrogens is 263 g/mol. The zero-order valence-electron chi connectivity index (χ0n) is 10.7. The van der Waals surface area contributed by atoms with E-state index in [2.05, 4.69) is 5.32 Å². The van der Waals surface area contributed by atoms with Crippen molar-refractivity contribution >= 4 is 17.3 Å². The number of carbonyl (C=O) groups is 1. The number of nitrogens with one attached hydrogen (secondary N) is 1. The van der Waals surface area contributed by atoms with Gasteiger partial charge < -0.3 is 20.9 Å². The summed E-state index contributed by atoms with van der Waals surface area (Å²) in [7, 11) is 1.41. The minimum Gasteiger partial charge on any atom is -0.504 e. The van der Waals surface area contributed by atoms with Crippen LogP contribution in [-0.2, 0) is 0 Å². The number of ether oxygens (including phenoxy) is 1. The van der Waals surface area contributed by atoms with E-state index in [1.165, 1.54) is 31.4 Å². The number of hydrogen-bond donors (Lipinski definition) is 3. The molecule has 20 heavy (non-hydrogen) atoms. The summed E-state index contributed by atoms with van der Waals surface area (Å²) in [4.78, 5) is 12.0. The Morgan fingerprint density at radius 2 is 2.05 bits per heavy atom. The lowest BCUT2D eigenvalue weighted by Crippen LogP contribution is -2.12. The molecule has 0 aromatic heterocycles. The van der Waals surface area contributed by atoms with Crippen LogP contribution in [0.5, 0.6) is 11.5 Å². The lowest BCUT2D eigenvalue weighted by atomic mass is 10.2. The zero-order valence-corrected chi connectivity index (χ0v) is 10.7. The quantitative estimate of drug-likeness (QED) is 0.751. The Bertz CT molecular complexity index is 639. The summed E-state index contributed by atoms with van der Waals surface area (Å²) in [5, 5.41) is 12.1. The maximum atomic E-state index is 13.2. The summed E-state index contributed by atoms with van der Waals surface area (Å²) in [6, 6.07) is 7.94. The smallest absolute Gasteiger partial charge is 0.255 e. The maximum Gasteiger partial charge on any atom is 0.255 e. The van der Waals surface area contributed by atoms with Gasteiger partial charge in [0.1, 0.15) is 5.82 Å². The van der Waals surface area contributed by atoms with Crippen molar-refractivity contribution < 1.29 is 19.0 Å². The Morgan fingerprint density at radius 3 is 2.65 bits per heavy atom. The number of aromatic hydroxyl groups is 1. The van der Waals surface area contributed by atoms with Gasteiger partial charge in [-0.2, -0.15) is 0 Å². The molecule has 0 bridgehead atoms. The fourth-order valence-corrected chi connectivity index (χ4v) is 1.72. The Labute approximate surface area is 114 Å². The van der Waals surface area contributed by atoms with Crippen molar-refractivity contribution in [1.29, 1.82) is 0 Å². The van der Waals surface area contributed by atoms with Gasteiger partial charge in [0.2, 0.25) is 0 Å². The first kappa shape index (κ1) is 13.7. The first-order valence-corrected chi connectivity index (χ1v) is 5.74. The average Bonchev–Trinajstić information content (AvgIpc) is 2.37. The molecule has 2 aromatic rings. The SMILES string of the molecule is COc1ccc(C(=O)Nc2cc(N)cc(F)c2)cc1O. The number of hydrogen-bond acceptors (Lipinski definition) is 4. The lowest BCUT2D eigenvalue weighted by Gasteiger charge is -2.08. The normalized spacial score (nSPS) is 10.1. The number of phenolic OH excluding ortho intramolecular Hbond substituents is 1. The van der Waals surface area contributed by atoms with E-state index in [-0.39, 0.29) is 28.4 Å². The topological polar surface area (TPSA) is 84.6 Å². The number of halogens is 1. The third kappa shape index (κ3) is 2.97. The van der Waals surface area contributed by atoms with E-state index < -0.39 is 11.7 Å². The summed E-state index contributed by atoms with van der Waals surface area (Å²) in [5.41, 5.74) is 6.15. The fraction of sp³-hybridized carbons (Fsp3) is 0.0714. The number of nitrogen functional groups attached to an aromatic ring is 1. The second-order valence-corrected chi connectivity index (χ2v) is 4.11. The number of carbonyl (C=O) groups excluding carboxylic acids is 1. The summed E-state index contributed by atoms with van der Waals surface area (Å²) in [5.74, 6) is -0.929.